The van der Waals surface area contributed by atoms with Crippen LogP contribution in [-0.4, -0.2) is 24.4 Å². The number of ether oxygens (including phenoxy) is 2. The summed E-state index contributed by atoms with van der Waals surface area (Å²) >= 11 is 0. The molecule has 1 aromatic heterocycles. The summed E-state index contributed by atoms with van der Waals surface area (Å²) in [7, 11) is 0. The van der Waals surface area contributed by atoms with E-state index in [2.05, 4.69) is 0 Å². The number of phenolic OH excluding ortho intramolecular Hbond substituents is 1. The van der Waals surface area contributed by atoms with Crippen LogP contribution in [0.4, 0.5) is 0 Å². The van der Waals surface area contributed by atoms with Gasteiger partial charge in [0.1, 0.15) is 23.2 Å². The van der Waals surface area contributed by atoms with Crippen LogP contribution < -0.4 is 10.4 Å². The summed E-state index contributed by atoms with van der Waals surface area (Å²) in [6, 6.07) is 10.3. The van der Waals surface area contributed by atoms with Crippen LogP contribution in [0.15, 0.2) is 45.6 Å². The molecule has 0 radical (unpaired) electrons. The van der Waals surface area contributed by atoms with Crippen molar-refractivity contribution >= 4 is 21.7 Å². The van der Waals surface area contributed by atoms with E-state index in [0.29, 0.717) is 22.1 Å². The second-order valence-corrected chi connectivity index (χ2v) is 6.92. The molecule has 26 heavy (non-hydrogen) atoms. The van der Waals surface area contributed by atoms with Gasteiger partial charge in [-0.2, -0.15) is 0 Å². The number of phenols is 1. The fraction of sp³-hybridized carbons (Fsp3) is 0.381. The first-order valence-electron chi connectivity index (χ1n) is 9.06. The quantitative estimate of drug-likeness (QED) is 0.551. The molecule has 2 aromatic carbocycles. The lowest BCUT2D eigenvalue weighted by Crippen LogP contribution is -2.56. The summed E-state index contributed by atoms with van der Waals surface area (Å²) < 4.78 is 16.6. The fourth-order valence-corrected chi connectivity index (χ4v) is 3.78. The Morgan fingerprint density at radius 1 is 1.04 bits per heavy atom. The lowest BCUT2D eigenvalue weighted by molar-refractivity contribution is -0.191. The molecular weight excluding hydrogens is 332 g/mol. The van der Waals surface area contributed by atoms with Crippen molar-refractivity contribution in [2.45, 2.75) is 32.8 Å². The third-order valence-electron chi connectivity index (χ3n) is 5.11. The highest BCUT2D eigenvalue weighted by molar-refractivity contribution is 6.04. The topological polar surface area (TPSA) is 68.9 Å². The number of hydrogen-bond donors (Lipinski definition) is 1. The van der Waals surface area contributed by atoms with Gasteiger partial charge in [0.2, 0.25) is 0 Å². The minimum absolute atomic E-state index is 0.0730. The van der Waals surface area contributed by atoms with Crippen molar-refractivity contribution in [3.05, 3.63) is 46.8 Å². The van der Waals surface area contributed by atoms with E-state index in [4.69, 9.17) is 13.9 Å². The monoisotopic (exact) mass is 354 g/mol. The third kappa shape index (κ3) is 2.72. The Morgan fingerprint density at radius 3 is 2.46 bits per heavy atom. The number of benzene rings is 2. The van der Waals surface area contributed by atoms with Gasteiger partial charge in [0.25, 0.3) is 0 Å². The molecule has 3 aromatic rings. The molecule has 136 valence electrons. The summed E-state index contributed by atoms with van der Waals surface area (Å²) in [5, 5.41) is 11.6. The molecule has 1 aliphatic carbocycles. The van der Waals surface area contributed by atoms with Gasteiger partial charge in [-0.25, -0.2) is 4.79 Å². The van der Waals surface area contributed by atoms with Crippen LogP contribution in [0.5, 0.6) is 11.5 Å². The van der Waals surface area contributed by atoms with E-state index >= 15 is 0 Å². The third-order valence-corrected chi connectivity index (χ3v) is 5.11. The van der Waals surface area contributed by atoms with Crippen LogP contribution in [0.1, 0.15) is 26.7 Å². The van der Waals surface area contributed by atoms with Crippen molar-refractivity contribution in [1.29, 1.82) is 0 Å². The molecule has 1 N–H and O–H groups in total. The van der Waals surface area contributed by atoms with E-state index in [0.717, 1.165) is 36.8 Å². The maximum atomic E-state index is 12.3. The Bertz CT molecular complexity index is 1010. The highest BCUT2D eigenvalue weighted by Crippen LogP contribution is 2.48. The molecule has 0 atom stereocenters. The van der Waals surface area contributed by atoms with Crippen molar-refractivity contribution in [1.82, 2.24) is 0 Å². The van der Waals surface area contributed by atoms with E-state index in [9.17, 15) is 9.90 Å². The molecule has 5 nitrogen and oxygen atoms in total. The zero-order valence-electron chi connectivity index (χ0n) is 15.0. The summed E-state index contributed by atoms with van der Waals surface area (Å²) in [6.07, 6.45) is 2.21. The second kappa shape index (κ2) is 6.32. The molecule has 0 amide bonds. The Morgan fingerprint density at radius 2 is 1.77 bits per heavy atom. The summed E-state index contributed by atoms with van der Waals surface area (Å²) in [5.74, 6) is 0.761. The van der Waals surface area contributed by atoms with Gasteiger partial charge in [-0.05, 0) is 43.2 Å². The summed E-state index contributed by atoms with van der Waals surface area (Å²) in [6.45, 7) is 5.68. The van der Waals surface area contributed by atoms with Gasteiger partial charge in [-0.15, -0.1) is 0 Å². The highest BCUT2D eigenvalue weighted by Gasteiger charge is 2.51. The Kier molecular flexibility index (Phi) is 4.11. The molecule has 0 bridgehead atoms. The summed E-state index contributed by atoms with van der Waals surface area (Å²) in [4.78, 5) is 12.3. The Balaban J connectivity index is 0.000000814. The van der Waals surface area contributed by atoms with Gasteiger partial charge in [0.15, 0.2) is 0 Å². The molecular formula is C21H22O5. The number of hydrogen-bond acceptors (Lipinski definition) is 5. The first-order valence-corrected chi connectivity index (χ1v) is 9.06. The summed E-state index contributed by atoms with van der Waals surface area (Å²) in [5.41, 5.74) is 0.303. The maximum absolute atomic E-state index is 12.3. The first kappa shape index (κ1) is 16.9. The van der Waals surface area contributed by atoms with Crippen LogP contribution in [0.3, 0.4) is 0 Å². The van der Waals surface area contributed by atoms with Gasteiger partial charge in [-0.1, -0.05) is 13.8 Å². The van der Waals surface area contributed by atoms with Crippen molar-refractivity contribution in [2.75, 3.05) is 13.2 Å². The van der Waals surface area contributed by atoms with Crippen molar-refractivity contribution < 1.29 is 19.0 Å². The minimum atomic E-state index is -0.425. The zero-order chi connectivity index (χ0) is 18.3. The molecule has 0 unspecified atom stereocenters. The van der Waals surface area contributed by atoms with Crippen LogP contribution >= 0.6 is 0 Å². The Labute approximate surface area is 151 Å². The first-order chi connectivity index (χ1) is 12.6. The Hall–Kier alpha value is -2.53. The van der Waals surface area contributed by atoms with E-state index in [1.807, 2.05) is 26.0 Å². The predicted octanol–water partition coefficient (Wildman–Crippen LogP) is 4.24. The average Bonchev–Trinajstić information content (AvgIpc) is 2.58. The van der Waals surface area contributed by atoms with Gasteiger partial charge in [-0.3, -0.25) is 0 Å². The van der Waals surface area contributed by atoms with Gasteiger partial charge in [0.05, 0.1) is 18.6 Å². The molecule has 2 heterocycles. The average molecular weight is 354 g/mol. The normalized spacial score (nSPS) is 18.1. The molecule has 2 fully saturated rings. The van der Waals surface area contributed by atoms with Crippen LogP contribution in [0, 0.1) is 5.41 Å². The maximum Gasteiger partial charge on any atom is 0.344 e. The van der Waals surface area contributed by atoms with E-state index in [1.165, 1.54) is 6.07 Å². The molecule has 1 spiro atoms. The van der Waals surface area contributed by atoms with Crippen LogP contribution in [-0.2, 0) is 4.74 Å². The van der Waals surface area contributed by atoms with Gasteiger partial charge in [0, 0.05) is 22.3 Å². The smallest absolute Gasteiger partial charge is 0.344 e. The number of aromatic hydroxyl groups is 1. The molecule has 5 heteroatoms. The second-order valence-electron chi connectivity index (χ2n) is 6.92. The van der Waals surface area contributed by atoms with Crippen LogP contribution in [0.2, 0.25) is 0 Å². The fourth-order valence-electron chi connectivity index (χ4n) is 3.78. The van der Waals surface area contributed by atoms with Crippen LogP contribution in [0.25, 0.3) is 21.7 Å². The van der Waals surface area contributed by atoms with Gasteiger partial charge < -0.3 is 19.0 Å². The van der Waals surface area contributed by atoms with Crippen molar-refractivity contribution in [3.8, 4) is 11.5 Å². The molecule has 1 saturated heterocycles. The highest BCUT2D eigenvalue weighted by atomic mass is 16.5. The molecule has 2 aliphatic rings. The van der Waals surface area contributed by atoms with E-state index < -0.39 is 5.63 Å². The van der Waals surface area contributed by atoms with E-state index in [1.54, 1.807) is 18.2 Å². The zero-order valence-corrected chi connectivity index (χ0v) is 15.0. The number of rotatable bonds is 2. The van der Waals surface area contributed by atoms with Crippen molar-refractivity contribution in [2.24, 2.45) is 5.41 Å². The van der Waals surface area contributed by atoms with Crippen molar-refractivity contribution in [3.63, 3.8) is 0 Å². The SMILES string of the molecule is CC.O=c1oc2cc(O)ccc2c2ccc(OC3CC4(COC4)C3)cc12. The molecule has 1 saturated carbocycles. The van der Waals surface area contributed by atoms with Gasteiger partial charge >= 0.3 is 5.63 Å². The number of fused-ring (bicyclic) bond motifs is 3. The predicted molar refractivity (Wildman–Crippen MR) is 99.9 cm³/mol. The standard InChI is InChI=1S/C19H16O5.C2H6/c20-11-1-3-15-14-4-2-12(6-16(14)18(21)24-17(15)5-11)23-13-7-19(8-13)9-22-10-19;1-2/h1-6,13,20H,7-10H2;1-2H3. The minimum Gasteiger partial charge on any atom is -0.508 e. The molecule has 1 aliphatic heterocycles. The molecule has 5 rings (SSSR count). The van der Waals surface area contributed by atoms with E-state index in [-0.39, 0.29) is 11.9 Å². The largest absolute Gasteiger partial charge is 0.508 e. The lowest BCUT2D eigenvalue weighted by atomic mass is 9.65. The lowest BCUT2D eigenvalue weighted by Gasteiger charge is -2.52.